The number of aromatic amines is 1. The second kappa shape index (κ2) is 4.38. The van der Waals surface area contributed by atoms with Crippen LogP contribution in [0, 0.1) is 6.92 Å². The van der Waals surface area contributed by atoms with E-state index in [1.165, 1.54) is 6.07 Å². The number of carbonyl (C=O) groups is 1. The number of phenolic OH excluding ortho intramolecular Hbond substituents is 1. The number of benzene rings is 1. The molecule has 1 aliphatic rings. The van der Waals surface area contributed by atoms with Gasteiger partial charge < -0.3 is 10.4 Å². The molecule has 3 rings (SSSR count). The summed E-state index contributed by atoms with van der Waals surface area (Å²) in [5.41, 5.74) is 1.42. The van der Waals surface area contributed by atoms with Crippen molar-refractivity contribution in [3.05, 3.63) is 35.4 Å². The van der Waals surface area contributed by atoms with Crippen LogP contribution in [0.1, 0.15) is 40.8 Å². The van der Waals surface area contributed by atoms with Gasteiger partial charge in [-0.3, -0.25) is 9.89 Å². The van der Waals surface area contributed by atoms with Crippen LogP contribution >= 0.6 is 0 Å². The number of amides is 1. The number of carbonyl (C=O) groups excluding carboxylic acids is 1. The summed E-state index contributed by atoms with van der Waals surface area (Å²) in [4.78, 5) is 16.2. The minimum atomic E-state index is -0.350. The average molecular weight is 258 g/mol. The summed E-state index contributed by atoms with van der Waals surface area (Å²) in [6.45, 7) is 1.81. The molecule has 1 heterocycles. The van der Waals surface area contributed by atoms with E-state index in [1.807, 2.05) is 6.92 Å². The molecule has 0 bridgehead atoms. The van der Waals surface area contributed by atoms with Gasteiger partial charge in [0.1, 0.15) is 11.6 Å². The van der Waals surface area contributed by atoms with E-state index >= 15 is 0 Å². The van der Waals surface area contributed by atoms with Gasteiger partial charge in [0.2, 0.25) is 5.82 Å². The predicted molar refractivity (Wildman–Crippen MR) is 69.2 cm³/mol. The lowest BCUT2D eigenvalue weighted by molar-refractivity contribution is 0.101. The third-order valence-electron chi connectivity index (χ3n) is 3.13. The predicted octanol–water partition coefficient (Wildman–Crippen LogP) is 1.95. The van der Waals surface area contributed by atoms with Crippen molar-refractivity contribution < 1.29 is 9.90 Å². The third-order valence-corrected chi connectivity index (χ3v) is 3.13. The number of H-pyrrole nitrogens is 1. The van der Waals surface area contributed by atoms with Crippen LogP contribution in [0.5, 0.6) is 5.75 Å². The molecule has 0 saturated heterocycles. The van der Waals surface area contributed by atoms with Crippen LogP contribution in [0.3, 0.4) is 0 Å². The van der Waals surface area contributed by atoms with Crippen LogP contribution in [0.4, 0.5) is 5.69 Å². The van der Waals surface area contributed by atoms with Crippen molar-refractivity contribution in [1.29, 1.82) is 0 Å². The minimum Gasteiger partial charge on any atom is -0.508 e. The second-order valence-electron chi connectivity index (χ2n) is 4.77. The molecule has 1 saturated carbocycles. The molecule has 2 aromatic rings. The third kappa shape index (κ3) is 2.42. The molecule has 1 aromatic carbocycles. The molecule has 6 nitrogen and oxygen atoms in total. The minimum absolute atomic E-state index is 0.148. The van der Waals surface area contributed by atoms with Crippen LogP contribution in [0.2, 0.25) is 0 Å². The van der Waals surface area contributed by atoms with Crippen molar-refractivity contribution in [3.63, 3.8) is 0 Å². The van der Waals surface area contributed by atoms with Gasteiger partial charge >= 0.3 is 0 Å². The quantitative estimate of drug-likeness (QED) is 0.734. The highest BCUT2D eigenvalue weighted by molar-refractivity contribution is 6.01. The first-order chi connectivity index (χ1) is 9.13. The van der Waals surface area contributed by atoms with E-state index in [2.05, 4.69) is 20.5 Å². The maximum absolute atomic E-state index is 12.0. The lowest BCUT2D eigenvalue weighted by atomic mass is 10.2. The zero-order valence-electron chi connectivity index (χ0n) is 10.5. The van der Waals surface area contributed by atoms with E-state index in [4.69, 9.17) is 0 Å². The van der Waals surface area contributed by atoms with Crippen LogP contribution in [0.15, 0.2) is 18.2 Å². The summed E-state index contributed by atoms with van der Waals surface area (Å²) in [5, 5.41) is 18.8. The van der Waals surface area contributed by atoms with Crippen molar-refractivity contribution in [2.45, 2.75) is 25.7 Å². The molecule has 0 atom stereocenters. The Morgan fingerprint density at radius 3 is 2.95 bits per heavy atom. The monoisotopic (exact) mass is 258 g/mol. The van der Waals surface area contributed by atoms with Gasteiger partial charge in [-0.25, -0.2) is 4.98 Å². The number of hydrogen-bond acceptors (Lipinski definition) is 4. The standard InChI is InChI=1S/C13H14N4O2/c1-7-6-9(18)4-5-10(7)14-13(19)12-15-11(16-17-12)8-2-3-8/h4-6,8,18H,2-3H2,1H3,(H,14,19)(H,15,16,17). The Bertz CT molecular complexity index is 631. The largest absolute Gasteiger partial charge is 0.508 e. The van der Waals surface area contributed by atoms with E-state index in [1.54, 1.807) is 12.1 Å². The molecule has 0 unspecified atom stereocenters. The smallest absolute Gasteiger partial charge is 0.295 e. The summed E-state index contributed by atoms with van der Waals surface area (Å²) in [6, 6.07) is 4.76. The highest BCUT2D eigenvalue weighted by atomic mass is 16.3. The first kappa shape index (κ1) is 11.7. The molecule has 3 N–H and O–H groups in total. The molecule has 1 fully saturated rings. The highest BCUT2D eigenvalue weighted by Crippen LogP contribution is 2.37. The van der Waals surface area contributed by atoms with Crippen LogP contribution < -0.4 is 5.32 Å². The highest BCUT2D eigenvalue weighted by Gasteiger charge is 2.28. The number of rotatable bonds is 3. The molecule has 0 radical (unpaired) electrons. The van der Waals surface area contributed by atoms with Gasteiger partial charge in [0.05, 0.1) is 0 Å². The zero-order chi connectivity index (χ0) is 13.4. The van der Waals surface area contributed by atoms with Gasteiger partial charge in [0, 0.05) is 11.6 Å². The molecule has 19 heavy (non-hydrogen) atoms. The lowest BCUT2D eigenvalue weighted by Gasteiger charge is -2.06. The van der Waals surface area contributed by atoms with Crippen molar-refractivity contribution in [2.75, 3.05) is 5.32 Å². The Morgan fingerprint density at radius 2 is 2.26 bits per heavy atom. The topological polar surface area (TPSA) is 90.9 Å². The fourth-order valence-corrected chi connectivity index (χ4v) is 1.88. The number of aryl methyl sites for hydroxylation is 1. The Hall–Kier alpha value is -2.37. The molecular weight excluding hydrogens is 244 g/mol. The first-order valence-electron chi connectivity index (χ1n) is 6.17. The molecule has 1 aliphatic carbocycles. The SMILES string of the molecule is Cc1cc(O)ccc1NC(=O)c1n[nH]c(C2CC2)n1. The van der Waals surface area contributed by atoms with Gasteiger partial charge in [-0.2, -0.15) is 0 Å². The van der Waals surface area contributed by atoms with E-state index in [-0.39, 0.29) is 17.5 Å². The van der Waals surface area contributed by atoms with E-state index in [9.17, 15) is 9.90 Å². The van der Waals surface area contributed by atoms with Crippen molar-refractivity contribution in [3.8, 4) is 5.75 Å². The molecular formula is C13H14N4O2. The van der Waals surface area contributed by atoms with Crippen LogP contribution in [0.25, 0.3) is 0 Å². The maximum Gasteiger partial charge on any atom is 0.295 e. The van der Waals surface area contributed by atoms with Gasteiger partial charge in [-0.05, 0) is 43.5 Å². The number of hydrogen-bond donors (Lipinski definition) is 3. The summed E-state index contributed by atoms with van der Waals surface area (Å²) >= 11 is 0. The van der Waals surface area contributed by atoms with Crippen molar-refractivity contribution in [1.82, 2.24) is 15.2 Å². The fourth-order valence-electron chi connectivity index (χ4n) is 1.88. The Morgan fingerprint density at radius 1 is 1.47 bits per heavy atom. The van der Waals surface area contributed by atoms with Crippen LogP contribution in [-0.2, 0) is 0 Å². The summed E-state index contributed by atoms with van der Waals surface area (Å²) < 4.78 is 0. The number of nitrogens with one attached hydrogen (secondary N) is 2. The fraction of sp³-hybridized carbons (Fsp3) is 0.308. The number of phenols is 1. The first-order valence-corrected chi connectivity index (χ1v) is 6.17. The normalized spacial score (nSPS) is 14.4. The lowest BCUT2D eigenvalue weighted by Crippen LogP contribution is -2.14. The number of aromatic hydroxyl groups is 1. The molecule has 0 aliphatic heterocycles. The zero-order valence-corrected chi connectivity index (χ0v) is 10.5. The number of aromatic nitrogens is 3. The van der Waals surface area contributed by atoms with Gasteiger partial charge in [0.25, 0.3) is 5.91 Å². The van der Waals surface area contributed by atoms with E-state index in [0.29, 0.717) is 11.6 Å². The Balaban J connectivity index is 1.76. The van der Waals surface area contributed by atoms with Gasteiger partial charge in [0.15, 0.2) is 0 Å². The Kier molecular flexibility index (Phi) is 2.70. The summed E-state index contributed by atoms with van der Waals surface area (Å²) in [5.74, 6) is 1.19. The maximum atomic E-state index is 12.0. The van der Waals surface area contributed by atoms with Crippen LogP contribution in [-0.4, -0.2) is 26.2 Å². The molecule has 6 heteroatoms. The van der Waals surface area contributed by atoms with Crippen molar-refractivity contribution >= 4 is 11.6 Å². The summed E-state index contributed by atoms with van der Waals surface area (Å²) in [7, 11) is 0. The molecule has 0 spiro atoms. The van der Waals surface area contributed by atoms with Crippen molar-refractivity contribution in [2.24, 2.45) is 0 Å². The molecule has 1 amide bonds. The summed E-state index contributed by atoms with van der Waals surface area (Å²) in [6.07, 6.45) is 2.21. The Labute approximate surface area is 109 Å². The second-order valence-corrected chi connectivity index (χ2v) is 4.77. The van der Waals surface area contributed by atoms with Gasteiger partial charge in [-0.15, -0.1) is 5.10 Å². The number of nitrogens with zero attached hydrogens (tertiary/aromatic N) is 2. The molecule has 1 aromatic heterocycles. The molecule has 98 valence electrons. The van der Waals surface area contributed by atoms with Gasteiger partial charge in [-0.1, -0.05) is 0 Å². The van der Waals surface area contributed by atoms with E-state index in [0.717, 1.165) is 24.2 Å². The number of anilines is 1. The van der Waals surface area contributed by atoms with E-state index < -0.39 is 0 Å². The average Bonchev–Trinajstić information content (AvgIpc) is 3.10.